The Morgan fingerprint density at radius 2 is 1.65 bits per heavy atom. The van der Waals surface area contributed by atoms with Crippen molar-refractivity contribution in [2.45, 2.75) is 47.1 Å². The molecule has 0 saturated heterocycles. The zero-order valence-electron chi connectivity index (χ0n) is 18.6. The van der Waals surface area contributed by atoms with Crippen molar-refractivity contribution in [2.75, 3.05) is 6.61 Å². The fourth-order valence-electron chi connectivity index (χ4n) is 3.70. The molecule has 0 amide bonds. The van der Waals surface area contributed by atoms with E-state index >= 15 is 0 Å². The largest absolute Gasteiger partial charge is 0.493 e. The molecule has 0 spiro atoms. The molecule has 0 atom stereocenters. The second kappa shape index (κ2) is 10.1. The van der Waals surface area contributed by atoms with Crippen LogP contribution in [-0.2, 0) is 19.4 Å². The molecule has 0 aliphatic rings. The third-order valence-electron chi connectivity index (χ3n) is 5.31. The maximum atomic E-state index is 11.2. The quantitative estimate of drug-likeness (QED) is 0.471. The molecule has 31 heavy (non-hydrogen) atoms. The normalized spacial score (nSPS) is 10.7. The Labute approximate surface area is 183 Å². The number of aromatic nitrogens is 1. The lowest BCUT2D eigenvalue weighted by molar-refractivity contribution is 0.0696. The van der Waals surface area contributed by atoms with Gasteiger partial charge in [-0.3, -0.25) is 4.98 Å². The first kappa shape index (κ1) is 22.3. The summed E-state index contributed by atoms with van der Waals surface area (Å²) < 4.78 is 11.9. The monoisotopic (exact) mass is 419 g/mol. The standard InChI is InChI=1S/C26H29NO4/c1-5-18-10-8-11-19(6-2)25(18)23-15-24(30-7-3)22(17(4)27-23)16-31-21-13-9-12-20(14-21)26(28)29/h8-15H,5-7,16H2,1-4H3,(H,28,29). The third-order valence-corrected chi connectivity index (χ3v) is 5.31. The second-order valence-corrected chi connectivity index (χ2v) is 7.28. The van der Waals surface area contributed by atoms with E-state index in [0.29, 0.717) is 12.4 Å². The summed E-state index contributed by atoms with van der Waals surface area (Å²) in [6, 6.07) is 14.9. The minimum absolute atomic E-state index is 0.191. The van der Waals surface area contributed by atoms with Gasteiger partial charge in [-0.05, 0) is 56.0 Å². The SMILES string of the molecule is CCOc1cc(-c2c(CC)cccc2CC)nc(C)c1COc1cccc(C(=O)O)c1. The number of benzene rings is 2. The Morgan fingerprint density at radius 3 is 2.26 bits per heavy atom. The number of aryl methyl sites for hydroxylation is 3. The number of aromatic carboxylic acids is 1. The van der Waals surface area contributed by atoms with Crippen molar-refractivity contribution in [3.8, 4) is 22.8 Å². The first-order valence-corrected chi connectivity index (χ1v) is 10.7. The molecule has 5 heteroatoms. The molecule has 0 unspecified atom stereocenters. The van der Waals surface area contributed by atoms with Crippen molar-refractivity contribution in [1.29, 1.82) is 0 Å². The highest BCUT2D eigenvalue weighted by molar-refractivity contribution is 5.88. The van der Waals surface area contributed by atoms with Crippen molar-refractivity contribution in [2.24, 2.45) is 0 Å². The molecule has 0 radical (unpaired) electrons. The Kier molecular flexibility index (Phi) is 7.29. The van der Waals surface area contributed by atoms with Crippen LogP contribution in [0.4, 0.5) is 0 Å². The number of nitrogens with zero attached hydrogens (tertiary/aromatic N) is 1. The lowest BCUT2D eigenvalue weighted by Crippen LogP contribution is -2.07. The highest BCUT2D eigenvalue weighted by atomic mass is 16.5. The summed E-state index contributed by atoms with van der Waals surface area (Å²) in [6.07, 6.45) is 1.86. The minimum atomic E-state index is -0.982. The van der Waals surface area contributed by atoms with Crippen molar-refractivity contribution in [1.82, 2.24) is 4.98 Å². The van der Waals surface area contributed by atoms with Crippen LogP contribution in [-0.4, -0.2) is 22.7 Å². The van der Waals surface area contributed by atoms with Crippen LogP contribution in [0.2, 0.25) is 0 Å². The lowest BCUT2D eigenvalue weighted by Gasteiger charge is -2.18. The second-order valence-electron chi connectivity index (χ2n) is 7.28. The Hall–Kier alpha value is -3.34. The van der Waals surface area contributed by atoms with E-state index < -0.39 is 5.97 Å². The molecule has 0 fully saturated rings. The van der Waals surface area contributed by atoms with E-state index in [-0.39, 0.29) is 12.2 Å². The van der Waals surface area contributed by atoms with Gasteiger partial charge in [0.15, 0.2) is 0 Å². The van der Waals surface area contributed by atoms with Gasteiger partial charge in [-0.2, -0.15) is 0 Å². The van der Waals surface area contributed by atoms with E-state index in [0.717, 1.165) is 35.5 Å². The van der Waals surface area contributed by atoms with E-state index in [4.69, 9.17) is 14.5 Å². The Bertz CT molecular complexity index is 1050. The molecule has 0 saturated carbocycles. The van der Waals surface area contributed by atoms with Crippen LogP contribution in [0.15, 0.2) is 48.5 Å². The number of carbonyl (C=O) groups is 1. The molecule has 3 aromatic rings. The van der Waals surface area contributed by atoms with Gasteiger partial charge in [0, 0.05) is 17.3 Å². The number of rotatable bonds is 9. The Morgan fingerprint density at radius 1 is 0.968 bits per heavy atom. The summed E-state index contributed by atoms with van der Waals surface area (Å²) in [5.41, 5.74) is 6.51. The number of carboxylic acid groups (broad SMARTS) is 1. The summed E-state index contributed by atoms with van der Waals surface area (Å²) in [4.78, 5) is 16.1. The molecule has 1 aromatic heterocycles. The molecule has 3 rings (SSSR count). The predicted molar refractivity (Wildman–Crippen MR) is 122 cm³/mol. The molecular weight excluding hydrogens is 390 g/mol. The van der Waals surface area contributed by atoms with Crippen LogP contribution in [0.25, 0.3) is 11.3 Å². The highest BCUT2D eigenvalue weighted by Gasteiger charge is 2.17. The summed E-state index contributed by atoms with van der Waals surface area (Å²) in [5, 5.41) is 9.19. The number of ether oxygens (including phenoxy) is 2. The van der Waals surface area contributed by atoms with E-state index in [9.17, 15) is 9.90 Å². The van der Waals surface area contributed by atoms with Crippen LogP contribution in [0.1, 0.15) is 53.5 Å². The summed E-state index contributed by atoms with van der Waals surface area (Å²) in [7, 11) is 0. The topological polar surface area (TPSA) is 68.7 Å². The third kappa shape index (κ3) is 5.05. The lowest BCUT2D eigenvalue weighted by atomic mass is 9.94. The van der Waals surface area contributed by atoms with E-state index in [1.54, 1.807) is 18.2 Å². The van der Waals surface area contributed by atoms with Gasteiger partial charge >= 0.3 is 5.97 Å². The van der Waals surface area contributed by atoms with Crippen molar-refractivity contribution in [3.05, 3.63) is 76.5 Å². The zero-order chi connectivity index (χ0) is 22.4. The molecule has 1 heterocycles. The fraction of sp³-hybridized carbons (Fsp3) is 0.308. The van der Waals surface area contributed by atoms with Gasteiger partial charge in [0.25, 0.3) is 0 Å². The summed E-state index contributed by atoms with van der Waals surface area (Å²) >= 11 is 0. The molecule has 1 N–H and O–H groups in total. The summed E-state index contributed by atoms with van der Waals surface area (Å²) in [5.74, 6) is 0.256. The van der Waals surface area contributed by atoms with E-state index in [1.807, 2.05) is 19.9 Å². The molecule has 162 valence electrons. The highest BCUT2D eigenvalue weighted by Crippen LogP contribution is 2.33. The van der Waals surface area contributed by atoms with Crippen LogP contribution >= 0.6 is 0 Å². The van der Waals surface area contributed by atoms with E-state index in [1.165, 1.54) is 22.8 Å². The first-order chi connectivity index (χ1) is 15.0. The number of hydrogen-bond acceptors (Lipinski definition) is 4. The van der Waals surface area contributed by atoms with Gasteiger partial charge < -0.3 is 14.6 Å². The van der Waals surface area contributed by atoms with Crippen LogP contribution in [0.5, 0.6) is 11.5 Å². The van der Waals surface area contributed by atoms with Gasteiger partial charge in [0.1, 0.15) is 18.1 Å². The number of pyridine rings is 1. The van der Waals surface area contributed by atoms with Crippen molar-refractivity contribution in [3.63, 3.8) is 0 Å². The maximum Gasteiger partial charge on any atom is 0.335 e. The number of carboxylic acids is 1. The minimum Gasteiger partial charge on any atom is -0.493 e. The van der Waals surface area contributed by atoms with Gasteiger partial charge in [0.05, 0.1) is 23.4 Å². The van der Waals surface area contributed by atoms with Crippen molar-refractivity contribution < 1.29 is 19.4 Å². The van der Waals surface area contributed by atoms with Gasteiger partial charge in [-0.15, -0.1) is 0 Å². The van der Waals surface area contributed by atoms with E-state index in [2.05, 4.69) is 32.0 Å². The first-order valence-electron chi connectivity index (χ1n) is 10.7. The van der Waals surface area contributed by atoms with Crippen LogP contribution < -0.4 is 9.47 Å². The average Bonchev–Trinajstić information content (AvgIpc) is 2.78. The van der Waals surface area contributed by atoms with Crippen LogP contribution in [0.3, 0.4) is 0 Å². The molecule has 5 nitrogen and oxygen atoms in total. The van der Waals surface area contributed by atoms with Gasteiger partial charge in [0.2, 0.25) is 0 Å². The fourth-order valence-corrected chi connectivity index (χ4v) is 3.70. The summed E-state index contributed by atoms with van der Waals surface area (Å²) in [6.45, 7) is 8.99. The predicted octanol–water partition coefficient (Wildman–Crippen LogP) is 5.86. The van der Waals surface area contributed by atoms with Crippen LogP contribution in [0, 0.1) is 6.92 Å². The van der Waals surface area contributed by atoms with Crippen molar-refractivity contribution >= 4 is 5.97 Å². The zero-order valence-corrected chi connectivity index (χ0v) is 18.6. The molecule has 2 aromatic carbocycles. The molecule has 0 aliphatic heterocycles. The number of hydrogen-bond donors (Lipinski definition) is 1. The Balaban J connectivity index is 1.99. The maximum absolute atomic E-state index is 11.2. The molecule has 0 bridgehead atoms. The molecule has 0 aliphatic carbocycles. The van der Waals surface area contributed by atoms with Gasteiger partial charge in [-0.25, -0.2) is 4.79 Å². The molecular formula is C26H29NO4. The smallest absolute Gasteiger partial charge is 0.335 e. The van der Waals surface area contributed by atoms with Gasteiger partial charge in [-0.1, -0.05) is 38.1 Å². The average molecular weight is 420 g/mol.